The fraction of sp³-hybridized carbons (Fsp3) is 0.200. The summed E-state index contributed by atoms with van der Waals surface area (Å²) in [5, 5.41) is 10.3. The molecule has 0 amide bonds. The fourth-order valence-corrected chi connectivity index (χ4v) is 2.58. The van der Waals surface area contributed by atoms with E-state index in [2.05, 4.69) is 11.1 Å². The number of nitrogens with zero attached hydrogens (tertiary/aromatic N) is 2. The molecule has 2 aromatic rings. The Bertz CT molecular complexity index is 718. The van der Waals surface area contributed by atoms with Crippen molar-refractivity contribution in [2.45, 2.75) is 20.3 Å². The van der Waals surface area contributed by atoms with E-state index in [1.165, 1.54) is 0 Å². The van der Waals surface area contributed by atoms with Gasteiger partial charge in [-0.15, -0.1) is 0 Å². The first kappa shape index (κ1) is 14.6. The van der Waals surface area contributed by atoms with Gasteiger partial charge in [0.1, 0.15) is 17.5 Å². The number of anilines is 1. The molecule has 0 aliphatic heterocycles. The zero-order valence-corrected chi connectivity index (χ0v) is 12.7. The number of nitrogens with two attached hydrogens (primary N) is 1. The van der Waals surface area contributed by atoms with Gasteiger partial charge in [-0.2, -0.15) is 5.26 Å². The predicted octanol–water partition coefficient (Wildman–Crippen LogP) is 4.38. The van der Waals surface area contributed by atoms with Gasteiger partial charge in [-0.05, 0) is 36.6 Å². The van der Waals surface area contributed by atoms with Gasteiger partial charge in [-0.3, -0.25) is 0 Å². The lowest BCUT2D eigenvalue weighted by Gasteiger charge is -2.15. The zero-order valence-electron chi connectivity index (χ0n) is 11.2. The highest BCUT2D eigenvalue weighted by atomic mass is 35.5. The van der Waals surface area contributed by atoms with E-state index in [1.807, 2.05) is 19.9 Å². The number of nitriles is 1. The molecular formula is C15H13Cl2N3. The van der Waals surface area contributed by atoms with E-state index in [-0.39, 0.29) is 5.82 Å². The smallest absolute Gasteiger partial charge is 0.142 e. The molecule has 0 spiro atoms. The standard InChI is InChI=1S/C15H13Cl2N3/c1-3-10-8(2)20-15(19)11(7-18)14(10)9-4-5-12(16)13(17)6-9/h4-6H,3H2,1-2H3,(H2,19,20). The van der Waals surface area contributed by atoms with Gasteiger partial charge >= 0.3 is 0 Å². The summed E-state index contributed by atoms with van der Waals surface area (Å²) in [4.78, 5) is 4.24. The van der Waals surface area contributed by atoms with Gasteiger partial charge in [0.25, 0.3) is 0 Å². The van der Waals surface area contributed by atoms with Gasteiger partial charge in [0, 0.05) is 11.3 Å². The van der Waals surface area contributed by atoms with Crippen LogP contribution in [0.3, 0.4) is 0 Å². The van der Waals surface area contributed by atoms with Gasteiger partial charge in [-0.1, -0.05) is 36.2 Å². The van der Waals surface area contributed by atoms with Crippen LogP contribution >= 0.6 is 23.2 Å². The molecule has 0 aliphatic rings. The molecule has 1 aromatic carbocycles. The summed E-state index contributed by atoms with van der Waals surface area (Å²) < 4.78 is 0. The van der Waals surface area contributed by atoms with Gasteiger partial charge < -0.3 is 5.73 Å². The third-order valence-corrected chi connectivity index (χ3v) is 3.95. The van der Waals surface area contributed by atoms with Crippen LogP contribution in [0.15, 0.2) is 18.2 Å². The maximum Gasteiger partial charge on any atom is 0.142 e. The molecule has 1 heterocycles. The average Bonchev–Trinajstić information content (AvgIpc) is 2.41. The molecule has 0 atom stereocenters. The summed E-state index contributed by atoms with van der Waals surface area (Å²) >= 11 is 12.0. The molecule has 2 rings (SSSR count). The molecule has 0 saturated heterocycles. The molecule has 102 valence electrons. The largest absolute Gasteiger partial charge is 0.383 e. The highest BCUT2D eigenvalue weighted by Gasteiger charge is 2.17. The van der Waals surface area contributed by atoms with E-state index in [4.69, 9.17) is 28.9 Å². The summed E-state index contributed by atoms with van der Waals surface area (Å²) in [6.45, 7) is 3.90. The molecular weight excluding hydrogens is 293 g/mol. The van der Waals surface area contributed by atoms with Crippen molar-refractivity contribution in [3.05, 3.63) is 45.1 Å². The molecule has 2 N–H and O–H groups in total. The number of aromatic nitrogens is 1. The lowest BCUT2D eigenvalue weighted by molar-refractivity contribution is 1.05. The SMILES string of the molecule is CCc1c(C)nc(N)c(C#N)c1-c1ccc(Cl)c(Cl)c1. The number of halogens is 2. The molecule has 20 heavy (non-hydrogen) atoms. The summed E-state index contributed by atoms with van der Waals surface area (Å²) in [7, 11) is 0. The van der Waals surface area contributed by atoms with Crippen molar-refractivity contribution in [1.82, 2.24) is 4.98 Å². The van der Waals surface area contributed by atoms with Gasteiger partial charge in [0.15, 0.2) is 0 Å². The predicted molar refractivity (Wildman–Crippen MR) is 82.9 cm³/mol. The molecule has 5 heteroatoms. The van der Waals surface area contributed by atoms with Crippen molar-refractivity contribution in [2.75, 3.05) is 5.73 Å². The van der Waals surface area contributed by atoms with Crippen molar-refractivity contribution in [3.63, 3.8) is 0 Å². The second-order valence-electron chi connectivity index (χ2n) is 4.41. The summed E-state index contributed by atoms with van der Waals surface area (Å²) in [5.41, 5.74) is 9.68. The lowest BCUT2D eigenvalue weighted by Crippen LogP contribution is -2.04. The van der Waals surface area contributed by atoms with Crippen LogP contribution < -0.4 is 5.73 Å². The Morgan fingerprint density at radius 2 is 2.00 bits per heavy atom. The first-order chi connectivity index (χ1) is 9.49. The number of pyridine rings is 1. The normalized spacial score (nSPS) is 10.3. The first-order valence-corrected chi connectivity index (χ1v) is 6.89. The Kier molecular flexibility index (Phi) is 4.17. The van der Waals surface area contributed by atoms with E-state index < -0.39 is 0 Å². The van der Waals surface area contributed by atoms with Crippen LogP contribution in [0.4, 0.5) is 5.82 Å². The highest BCUT2D eigenvalue weighted by molar-refractivity contribution is 6.42. The van der Waals surface area contributed by atoms with Gasteiger partial charge in [0.2, 0.25) is 0 Å². The number of hydrogen-bond donors (Lipinski definition) is 1. The Balaban J connectivity index is 2.84. The van der Waals surface area contributed by atoms with Crippen molar-refractivity contribution in [3.8, 4) is 17.2 Å². The summed E-state index contributed by atoms with van der Waals surface area (Å²) in [6.07, 6.45) is 0.753. The van der Waals surface area contributed by atoms with E-state index in [1.54, 1.807) is 12.1 Å². The van der Waals surface area contributed by atoms with E-state index in [9.17, 15) is 5.26 Å². The van der Waals surface area contributed by atoms with E-state index >= 15 is 0 Å². The topological polar surface area (TPSA) is 62.7 Å². The third kappa shape index (κ3) is 2.45. The van der Waals surface area contributed by atoms with Crippen LogP contribution in [0.5, 0.6) is 0 Å². The number of benzene rings is 1. The van der Waals surface area contributed by atoms with Crippen LogP contribution in [0.2, 0.25) is 10.0 Å². The lowest BCUT2D eigenvalue weighted by atomic mass is 9.93. The Labute approximate surface area is 128 Å². The maximum atomic E-state index is 9.37. The van der Waals surface area contributed by atoms with E-state index in [0.29, 0.717) is 15.6 Å². The average molecular weight is 306 g/mol. The third-order valence-electron chi connectivity index (χ3n) is 3.21. The van der Waals surface area contributed by atoms with Crippen LogP contribution in [-0.4, -0.2) is 4.98 Å². The van der Waals surface area contributed by atoms with Gasteiger partial charge in [0.05, 0.1) is 10.0 Å². The minimum Gasteiger partial charge on any atom is -0.383 e. The molecule has 0 fully saturated rings. The number of nitrogen functional groups attached to an aromatic ring is 1. The quantitative estimate of drug-likeness (QED) is 0.895. The second-order valence-corrected chi connectivity index (χ2v) is 5.22. The summed E-state index contributed by atoms with van der Waals surface area (Å²) in [6, 6.07) is 7.43. The monoisotopic (exact) mass is 305 g/mol. The Morgan fingerprint density at radius 3 is 2.55 bits per heavy atom. The van der Waals surface area contributed by atoms with Crippen LogP contribution in [0.1, 0.15) is 23.7 Å². The number of hydrogen-bond acceptors (Lipinski definition) is 3. The molecule has 0 radical (unpaired) electrons. The van der Waals surface area contributed by atoms with Crippen molar-refractivity contribution >= 4 is 29.0 Å². The molecule has 0 aliphatic carbocycles. The highest BCUT2D eigenvalue weighted by Crippen LogP contribution is 2.35. The first-order valence-electron chi connectivity index (χ1n) is 6.14. The van der Waals surface area contributed by atoms with Crippen LogP contribution in [-0.2, 0) is 6.42 Å². The Hall–Kier alpha value is -1.76. The minimum absolute atomic E-state index is 0.239. The number of aryl methyl sites for hydroxylation is 1. The van der Waals surface area contributed by atoms with Crippen molar-refractivity contribution < 1.29 is 0 Å². The molecule has 0 unspecified atom stereocenters. The van der Waals surface area contributed by atoms with Gasteiger partial charge in [-0.25, -0.2) is 4.98 Å². The van der Waals surface area contributed by atoms with E-state index in [0.717, 1.165) is 28.8 Å². The molecule has 3 nitrogen and oxygen atoms in total. The molecule has 0 bridgehead atoms. The summed E-state index contributed by atoms with van der Waals surface area (Å²) in [5.74, 6) is 0.239. The van der Waals surface area contributed by atoms with Crippen molar-refractivity contribution in [1.29, 1.82) is 5.26 Å². The second kappa shape index (κ2) is 5.70. The minimum atomic E-state index is 0.239. The van der Waals surface area contributed by atoms with Crippen LogP contribution in [0, 0.1) is 18.3 Å². The molecule has 0 saturated carbocycles. The number of rotatable bonds is 2. The fourth-order valence-electron chi connectivity index (χ4n) is 2.28. The van der Waals surface area contributed by atoms with Crippen molar-refractivity contribution in [2.24, 2.45) is 0 Å². The van der Waals surface area contributed by atoms with Crippen LogP contribution in [0.25, 0.3) is 11.1 Å². The maximum absolute atomic E-state index is 9.37. The molecule has 1 aromatic heterocycles. The zero-order chi connectivity index (χ0) is 14.9. The Morgan fingerprint density at radius 1 is 1.30 bits per heavy atom.